The molecule has 0 saturated carbocycles. The molecule has 0 aromatic heterocycles. The van der Waals surface area contributed by atoms with E-state index in [1.165, 1.54) is 71.1 Å². The zero-order valence-electron chi connectivity index (χ0n) is 23.0. The third-order valence-corrected chi connectivity index (χ3v) is 6.75. The highest BCUT2D eigenvalue weighted by Gasteiger charge is 2.22. The summed E-state index contributed by atoms with van der Waals surface area (Å²) in [6, 6.07) is -0.880. The Balaban J connectivity index is 4.11. The van der Waals surface area contributed by atoms with E-state index in [4.69, 9.17) is 9.05 Å². The first-order valence-electron chi connectivity index (χ1n) is 13.5. The van der Waals surface area contributed by atoms with Gasteiger partial charge in [-0.05, 0) is 12.8 Å². The Morgan fingerprint density at radius 3 is 1.97 bits per heavy atom. The van der Waals surface area contributed by atoms with Crippen LogP contribution < -0.4 is 10.2 Å². The van der Waals surface area contributed by atoms with Crippen molar-refractivity contribution in [2.24, 2.45) is 0 Å². The number of nitrogens with zero attached hydrogens (tertiary/aromatic N) is 1. The number of allylic oxidation sites excluding steroid dienone is 1. The SMILES string of the molecule is CCCCCCCCCCCCCC/C=C/C(O)C(COP(=O)([O-])OCC[N+](C)(C)C)NC(C)=O. The van der Waals surface area contributed by atoms with Crippen LogP contribution in [0.2, 0.25) is 0 Å². The Labute approximate surface area is 214 Å². The van der Waals surface area contributed by atoms with E-state index in [2.05, 4.69) is 12.2 Å². The van der Waals surface area contributed by atoms with Gasteiger partial charge in [-0.2, -0.15) is 0 Å². The molecule has 0 spiro atoms. The number of quaternary nitrogens is 1. The molecule has 0 saturated heterocycles. The van der Waals surface area contributed by atoms with Crippen molar-refractivity contribution >= 4 is 13.7 Å². The van der Waals surface area contributed by atoms with E-state index in [1.807, 2.05) is 27.2 Å². The van der Waals surface area contributed by atoms with Crippen molar-refractivity contribution in [2.75, 3.05) is 40.9 Å². The second-order valence-electron chi connectivity index (χ2n) is 10.5. The first kappa shape index (κ1) is 34.2. The fourth-order valence-corrected chi connectivity index (χ4v) is 4.32. The minimum Gasteiger partial charge on any atom is -0.756 e. The quantitative estimate of drug-likeness (QED) is 0.0875. The number of aliphatic hydroxyl groups is 1. The summed E-state index contributed by atoms with van der Waals surface area (Å²) in [7, 11) is 1.25. The van der Waals surface area contributed by atoms with E-state index in [-0.39, 0.29) is 12.5 Å². The molecular formula is C26H53N2O6P. The van der Waals surface area contributed by atoms with E-state index in [0.717, 1.165) is 19.3 Å². The molecule has 0 fully saturated rings. The zero-order valence-corrected chi connectivity index (χ0v) is 23.9. The Morgan fingerprint density at radius 1 is 0.971 bits per heavy atom. The summed E-state index contributed by atoms with van der Waals surface area (Å²) in [5.74, 6) is -0.376. The number of likely N-dealkylation sites (N-methyl/N-ethyl adjacent to an activating group) is 1. The molecule has 3 atom stereocenters. The summed E-state index contributed by atoms with van der Waals surface area (Å²) in [6.45, 7) is 3.66. The number of carbonyl (C=O) groups excluding carboxylic acids is 1. The molecule has 0 radical (unpaired) electrons. The van der Waals surface area contributed by atoms with E-state index in [0.29, 0.717) is 11.0 Å². The Hall–Kier alpha value is -0.760. The summed E-state index contributed by atoms with van der Waals surface area (Å²) >= 11 is 0. The fourth-order valence-electron chi connectivity index (χ4n) is 3.60. The van der Waals surface area contributed by atoms with Crippen molar-refractivity contribution in [1.82, 2.24) is 5.32 Å². The number of unbranched alkanes of at least 4 members (excludes halogenated alkanes) is 12. The van der Waals surface area contributed by atoms with Gasteiger partial charge < -0.3 is 28.8 Å². The molecule has 0 aliphatic carbocycles. The van der Waals surface area contributed by atoms with Gasteiger partial charge in [-0.15, -0.1) is 0 Å². The molecule has 0 rings (SSSR count). The van der Waals surface area contributed by atoms with Crippen LogP contribution in [0.5, 0.6) is 0 Å². The van der Waals surface area contributed by atoms with Crippen LogP contribution in [-0.2, 0) is 18.4 Å². The van der Waals surface area contributed by atoms with E-state index in [9.17, 15) is 19.4 Å². The summed E-state index contributed by atoms with van der Waals surface area (Å²) in [5, 5.41) is 13.0. The van der Waals surface area contributed by atoms with Crippen molar-refractivity contribution in [3.8, 4) is 0 Å². The van der Waals surface area contributed by atoms with Gasteiger partial charge in [0.15, 0.2) is 0 Å². The predicted molar refractivity (Wildman–Crippen MR) is 141 cm³/mol. The number of nitrogens with one attached hydrogen (secondary N) is 1. The number of amides is 1. The molecule has 2 N–H and O–H groups in total. The molecule has 0 bridgehead atoms. The highest BCUT2D eigenvalue weighted by atomic mass is 31.2. The minimum atomic E-state index is -4.52. The second kappa shape index (κ2) is 20.3. The second-order valence-corrected chi connectivity index (χ2v) is 11.9. The van der Waals surface area contributed by atoms with Crippen LogP contribution >= 0.6 is 7.82 Å². The third-order valence-electron chi connectivity index (χ3n) is 5.78. The number of hydrogen-bond donors (Lipinski definition) is 2. The van der Waals surface area contributed by atoms with Gasteiger partial charge in [0.25, 0.3) is 7.82 Å². The number of phosphoric ester groups is 1. The van der Waals surface area contributed by atoms with Gasteiger partial charge in [-0.25, -0.2) is 0 Å². The fraction of sp³-hybridized carbons (Fsp3) is 0.885. The van der Waals surface area contributed by atoms with Crippen molar-refractivity contribution < 1.29 is 32.9 Å². The lowest BCUT2D eigenvalue weighted by Crippen LogP contribution is -2.45. The first-order chi connectivity index (χ1) is 16.5. The monoisotopic (exact) mass is 520 g/mol. The van der Waals surface area contributed by atoms with Crippen molar-refractivity contribution in [3.63, 3.8) is 0 Å². The van der Waals surface area contributed by atoms with E-state index >= 15 is 0 Å². The van der Waals surface area contributed by atoms with Crippen LogP contribution in [-0.4, -0.2) is 68.5 Å². The molecule has 0 aliphatic rings. The molecule has 208 valence electrons. The molecule has 0 aromatic rings. The molecule has 0 heterocycles. The van der Waals surface area contributed by atoms with Crippen molar-refractivity contribution in [3.05, 3.63) is 12.2 Å². The highest BCUT2D eigenvalue weighted by Crippen LogP contribution is 2.38. The molecule has 1 amide bonds. The lowest BCUT2D eigenvalue weighted by Gasteiger charge is -2.29. The maximum absolute atomic E-state index is 12.0. The topological polar surface area (TPSA) is 108 Å². The van der Waals surface area contributed by atoms with Gasteiger partial charge in [0.2, 0.25) is 5.91 Å². The summed E-state index contributed by atoms with van der Waals surface area (Å²) in [6.07, 6.45) is 18.7. The molecule has 9 heteroatoms. The standard InChI is InChI=1S/C26H53N2O6P/c1-6-7-8-9-10-11-12-13-14-15-16-17-18-19-20-26(30)25(27-24(2)29)23-34-35(31,32)33-22-21-28(3,4)5/h19-20,25-26,30H,6-18,21-23H2,1-5H3,(H-,27,29,31,32)/b20-19+. The maximum atomic E-state index is 12.0. The van der Waals surface area contributed by atoms with Gasteiger partial charge >= 0.3 is 0 Å². The molecule has 0 aliphatic heterocycles. The van der Waals surface area contributed by atoms with E-state index in [1.54, 1.807) is 6.08 Å². The summed E-state index contributed by atoms with van der Waals surface area (Å²) in [4.78, 5) is 23.5. The summed E-state index contributed by atoms with van der Waals surface area (Å²) < 4.78 is 22.3. The van der Waals surface area contributed by atoms with Crippen LogP contribution in [0.15, 0.2) is 12.2 Å². The average Bonchev–Trinajstić information content (AvgIpc) is 2.75. The number of carbonyl (C=O) groups is 1. The molecule has 0 aromatic carbocycles. The zero-order chi connectivity index (χ0) is 26.6. The Bertz CT molecular complexity index is 609. The van der Waals surface area contributed by atoms with Crippen molar-refractivity contribution in [2.45, 2.75) is 109 Å². The Kier molecular flexibility index (Phi) is 19.9. The normalized spacial score (nSPS) is 15.7. The largest absolute Gasteiger partial charge is 0.756 e. The molecule has 3 unspecified atom stereocenters. The smallest absolute Gasteiger partial charge is 0.268 e. The minimum absolute atomic E-state index is 0.00339. The van der Waals surface area contributed by atoms with Crippen LogP contribution in [0.4, 0.5) is 0 Å². The number of aliphatic hydroxyl groups excluding tert-OH is 1. The van der Waals surface area contributed by atoms with Crippen LogP contribution in [0.3, 0.4) is 0 Å². The lowest BCUT2D eigenvalue weighted by atomic mass is 10.0. The molecule has 35 heavy (non-hydrogen) atoms. The van der Waals surface area contributed by atoms with Gasteiger partial charge in [0.1, 0.15) is 13.2 Å². The molecule has 8 nitrogen and oxygen atoms in total. The average molecular weight is 521 g/mol. The van der Waals surface area contributed by atoms with Crippen LogP contribution in [0, 0.1) is 0 Å². The predicted octanol–water partition coefficient (Wildman–Crippen LogP) is 4.71. The highest BCUT2D eigenvalue weighted by molar-refractivity contribution is 7.45. The Morgan fingerprint density at radius 2 is 1.49 bits per heavy atom. The van der Waals surface area contributed by atoms with Crippen LogP contribution in [0.1, 0.15) is 97.3 Å². The van der Waals surface area contributed by atoms with Crippen LogP contribution in [0.25, 0.3) is 0 Å². The lowest BCUT2D eigenvalue weighted by molar-refractivity contribution is -0.870. The van der Waals surface area contributed by atoms with Gasteiger partial charge in [-0.3, -0.25) is 9.36 Å². The summed E-state index contributed by atoms with van der Waals surface area (Å²) in [5.41, 5.74) is 0. The molecular weight excluding hydrogens is 467 g/mol. The van der Waals surface area contributed by atoms with Gasteiger partial charge in [0, 0.05) is 6.92 Å². The third kappa shape index (κ3) is 23.4. The van der Waals surface area contributed by atoms with Gasteiger partial charge in [0.05, 0.1) is 39.9 Å². The number of phosphoric acid groups is 1. The van der Waals surface area contributed by atoms with Gasteiger partial charge in [-0.1, -0.05) is 89.7 Å². The van der Waals surface area contributed by atoms with Crippen molar-refractivity contribution in [1.29, 1.82) is 0 Å². The maximum Gasteiger partial charge on any atom is 0.268 e. The number of hydrogen-bond acceptors (Lipinski definition) is 6. The first-order valence-corrected chi connectivity index (χ1v) is 15.0. The number of rotatable bonds is 23. The van der Waals surface area contributed by atoms with E-state index < -0.39 is 26.6 Å².